The molecule has 1 aromatic carbocycles. The molecular formula is C18H27NO2. The number of ether oxygens (including phenoxy) is 1. The van der Waals surface area contributed by atoms with Crippen molar-refractivity contribution < 1.29 is 9.84 Å². The quantitative estimate of drug-likeness (QED) is 0.894. The topological polar surface area (TPSA) is 41.5 Å². The highest BCUT2D eigenvalue weighted by Crippen LogP contribution is 2.38. The normalized spacial score (nSPS) is 25.1. The zero-order chi connectivity index (χ0) is 14.5. The number of hydrogen-bond acceptors (Lipinski definition) is 3. The van der Waals surface area contributed by atoms with Gasteiger partial charge in [-0.2, -0.15) is 0 Å². The summed E-state index contributed by atoms with van der Waals surface area (Å²) in [6.45, 7) is 1.93. The molecule has 1 saturated carbocycles. The van der Waals surface area contributed by atoms with Crippen molar-refractivity contribution in [1.82, 2.24) is 5.32 Å². The molecule has 0 amide bonds. The summed E-state index contributed by atoms with van der Waals surface area (Å²) in [5.74, 6) is 0. The van der Waals surface area contributed by atoms with Gasteiger partial charge in [-0.25, -0.2) is 0 Å². The number of aliphatic hydroxyl groups is 1. The van der Waals surface area contributed by atoms with Crippen LogP contribution in [0.5, 0.6) is 0 Å². The Hall–Kier alpha value is -0.900. The monoisotopic (exact) mass is 289 g/mol. The zero-order valence-corrected chi connectivity index (χ0v) is 12.8. The van der Waals surface area contributed by atoms with Gasteiger partial charge in [0.25, 0.3) is 0 Å². The molecule has 3 heteroatoms. The van der Waals surface area contributed by atoms with Crippen LogP contribution in [0.25, 0.3) is 0 Å². The molecule has 116 valence electrons. The third-order valence-electron chi connectivity index (χ3n) is 5.06. The summed E-state index contributed by atoms with van der Waals surface area (Å²) in [7, 11) is 0. The minimum absolute atomic E-state index is 0.121. The molecular weight excluding hydrogens is 262 g/mol. The Bertz CT molecular complexity index is 432. The average molecular weight is 289 g/mol. The molecule has 0 bridgehead atoms. The molecule has 0 aromatic heterocycles. The number of hydrogen-bond donors (Lipinski definition) is 2. The Balaban J connectivity index is 1.52. The van der Waals surface area contributed by atoms with E-state index in [-0.39, 0.29) is 12.2 Å². The molecule has 2 aliphatic rings. The lowest BCUT2D eigenvalue weighted by Crippen LogP contribution is -2.47. The summed E-state index contributed by atoms with van der Waals surface area (Å²) in [6, 6.07) is 8.80. The fourth-order valence-electron chi connectivity index (χ4n) is 3.77. The van der Waals surface area contributed by atoms with Crippen molar-refractivity contribution in [1.29, 1.82) is 0 Å². The maximum Gasteiger partial charge on any atom is 0.0697 e. The molecule has 1 saturated heterocycles. The second-order valence-electron chi connectivity index (χ2n) is 6.64. The SMILES string of the molecule is OCc1ccc(CNC2CCOC3(CCCCC3)C2)cc1. The van der Waals surface area contributed by atoms with Crippen molar-refractivity contribution in [2.75, 3.05) is 6.61 Å². The Morgan fingerprint density at radius 2 is 1.81 bits per heavy atom. The highest BCUT2D eigenvalue weighted by molar-refractivity contribution is 5.21. The van der Waals surface area contributed by atoms with Crippen LogP contribution in [0.2, 0.25) is 0 Å². The molecule has 21 heavy (non-hydrogen) atoms. The highest BCUT2D eigenvalue weighted by Gasteiger charge is 2.38. The predicted octanol–water partition coefficient (Wildman–Crippen LogP) is 3.15. The summed E-state index contributed by atoms with van der Waals surface area (Å²) in [6.07, 6.45) is 8.82. The predicted molar refractivity (Wildman–Crippen MR) is 84.0 cm³/mol. The first-order valence-electron chi connectivity index (χ1n) is 8.36. The second-order valence-corrected chi connectivity index (χ2v) is 6.64. The molecule has 1 spiro atoms. The largest absolute Gasteiger partial charge is 0.392 e. The molecule has 0 radical (unpaired) electrons. The Kier molecular flexibility index (Phi) is 4.94. The molecule has 1 aliphatic carbocycles. The van der Waals surface area contributed by atoms with Gasteiger partial charge in [0.05, 0.1) is 12.2 Å². The van der Waals surface area contributed by atoms with Crippen LogP contribution < -0.4 is 5.32 Å². The van der Waals surface area contributed by atoms with Gasteiger partial charge in [-0.1, -0.05) is 43.5 Å². The van der Waals surface area contributed by atoms with E-state index in [1.807, 2.05) is 12.1 Å². The molecule has 1 atom stereocenters. The van der Waals surface area contributed by atoms with Crippen LogP contribution in [0.3, 0.4) is 0 Å². The van der Waals surface area contributed by atoms with Crippen LogP contribution in [0, 0.1) is 0 Å². The summed E-state index contributed by atoms with van der Waals surface area (Å²) >= 11 is 0. The van der Waals surface area contributed by atoms with Gasteiger partial charge in [-0.3, -0.25) is 0 Å². The molecule has 2 fully saturated rings. The van der Waals surface area contributed by atoms with Crippen LogP contribution >= 0.6 is 0 Å². The number of nitrogens with one attached hydrogen (secondary N) is 1. The van der Waals surface area contributed by atoms with E-state index in [9.17, 15) is 0 Å². The van der Waals surface area contributed by atoms with E-state index < -0.39 is 0 Å². The Morgan fingerprint density at radius 3 is 2.52 bits per heavy atom. The van der Waals surface area contributed by atoms with Crippen molar-refractivity contribution in [2.45, 2.75) is 69.7 Å². The van der Waals surface area contributed by atoms with Gasteiger partial charge in [0.1, 0.15) is 0 Å². The van der Waals surface area contributed by atoms with Crippen LogP contribution in [0.1, 0.15) is 56.1 Å². The third kappa shape index (κ3) is 3.85. The van der Waals surface area contributed by atoms with E-state index in [1.165, 1.54) is 44.1 Å². The van der Waals surface area contributed by atoms with Gasteiger partial charge in [-0.15, -0.1) is 0 Å². The molecule has 1 aliphatic heterocycles. The van der Waals surface area contributed by atoms with Crippen LogP contribution in [0.15, 0.2) is 24.3 Å². The third-order valence-corrected chi connectivity index (χ3v) is 5.06. The molecule has 2 N–H and O–H groups in total. The van der Waals surface area contributed by atoms with Crippen LogP contribution in [-0.4, -0.2) is 23.4 Å². The van der Waals surface area contributed by atoms with E-state index in [0.29, 0.717) is 6.04 Å². The highest BCUT2D eigenvalue weighted by atomic mass is 16.5. The summed E-state index contributed by atoms with van der Waals surface area (Å²) in [5, 5.41) is 12.8. The second kappa shape index (κ2) is 6.91. The first-order chi connectivity index (χ1) is 10.3. The van der Waals surface area contributed by atoms with E-state index in [2.05, 4.69) is 17.4 Å². The van der Waals surface area contributed by atoms with Gasteiger partial charge in [-0.05, 0) is 36.8 Å². The van der Waals surface area contributed by atoms with Gasteiger partial charge >= 0.3 is 0 Å². The van der Waals surface area contributed by atoms with Crippen molar-refractivity contribution in [3.8, 4) is 0 Å². The summed E-state index contributed by atoms with van der Waals surface area (Å²) in [4.78, 5) is 0. The van der Waals surface area contributed by atoms with E-state index in [1.54, 1.807) is 0 Å². The van der Waals surface area contributed by atoms with Crippen molar-refractivity contribution in [3.05, 3.63) is 35.4 Å². The number of benzene rings is 1. The van der Waals surface area contributed by atoms with Crippen molar-refractivity contribution >= 4 is 0 Å². The average Bonchev–Trinajstić information content (AvgIpc) is 2.54. The lowest BCUT2D eigenvalue weighted by Gasteiger charge is -2.43. The van der Waals surface area contributed by atoms with Gasteiger partial charge < -0.3 is 15.2 Å². The van der Waals surface area contributed by atoms with E-state index >= 15 is 0 Å². The Labute approximate surface area is 127 Å². The first-order valence-corrected chi connectivity index (χ1v) is 8.36. The Morgan fingerprint density at radius 1 is 1.10 bits per heavy atom. The van der Waals surface area contributed by atoms with Crippen LogP contribution in [0.4, 0.5) is 0 Å². The first kappa shape index (κ1) is 15.0. The van der Waals surface area contributed by atoms with Gasteiger partial charge in [0, 0.05) is 19.2 Å². The number of aliphatic hydroxyl groups excluding tert-OH is 1. The van der Waals surface area contributed by atoms with Crippen LogP contribution in [-0.2, 0) is 17.9 Å². The zero-order valence-electron chi connectivity index (χ0n) is 12.8. The number of rotatable bonds is 4. The van der Waals surface area contributed by atoms with E-state index in [0.717, 1.165) is 25.1 Å². The fraction of sp³-hybridized carbons (Fsp3) is 0.667. The fourth-order valence-corrected chi connectivity index (χ4v) is 3.77. The molecule has 3 nitrogen and oxygen atoms in total. The molecule has 1 heterocycles. The standard InChI is InChI=1S/C18H27NO2/c20-14-16-6-4-15(5-7-16)13-19-17-8-11-21-18(12-17)9-2-1-3-10-18/h4-7,17,19-20H,1-3,8-14H2. The van der Waals surface area contributed by atoms with Gasteiger partial charge in [0.15, 0.2) is 0 Å². The van der Waals surface area contributed by atoms with E-state index in [4.69, 9.17) is 9.84 Å². The van der Waals surface area contributed by atoms with Crippen molar-refractivity contribution in [2.24, 2.45) is 0 Å². The lowest BCUT2D eigenvalue weighted by molar-refractivity contribution is -0.109. The maximum atomic E-state index is 9.07. The smallest absolute Gasteiger partial charge is 0.0697 e. The molecule has 1 aromatic rings. The minimum Gasteiger partial charge on any atom is -0.392 e. The maximum absolute atomic E-state index is 9.07. The molecule has 3 rings (SSSR count). The molecule has 1 unspecified atom stereocenters. The lowest BCUT2D eigenvalue weighted by atomic mass is 9.78. The summed E-state index contributed by atoms with van der Waals surface area (Å²) in [5.41, 5.74) is 2.44. The van der Waals surface area contributed by atoms with Crippen molar-refractivity contribution in [3.63, 3.8) is 0 Å². The summed E-state index contributed by atoms with van der Waals surface area (Å²) < 4.78 is 6.15. The minimum atomic E-state index is 0.121. The van der Waals surface area contributed by atoms with Gasteiger partial charge in [0.2, 0.25) is 0 Å².